The number of allylic oxidation sites excluding steroid dienone is 1. The van der Waals surface area contributed by atoms with Crippen molar-refractivity contribution in [1.82, 2.24) is 4.31 Å². The maximum atomic E-state index is 13.3. The zero-order valence-electron chi connectivity index (χ0n) is 17.0. The van der Waals surface area contributed by atoms with Gasteiger partial charge in [0.15, 0.2) is 0 Å². The van der Waals surface area contributed by atoms with Crippen LogP contribution in [0, 0.1) is 5.92 Å². The number of hydrogen-bond acceptors (Lipinski definition) is 4. The van der Waals surface area contributed by atoms with Crippen LogP contribution in [0.15, 0.2) is 61.2 Å². The molecule has 5 nitrogen and oxygen atoms in total. The van der Waals surface area contributed by atoms with E-state index in [1.165, 1.54) is 4.31 Å². The van der Waals surface area contributed by atoms with Gasteiger partial charge in [-0.25, -0.2) is 8.42 Å². The molecule has 0 aliphatic rings. The molecule has 0 amide bonds. The van der Waals surface area contributed by atoms with Gasteiger partial charge in [0.1, 0.15) is 11.5 Å². The van der Waals surface area contributed by atoms with E-state index in [1.807, 2.05) is 55.5 Å². The lowest BCUT2D eigenvalue weighted by Gasteiger charge is -2.28. The molecule has 0 spiro atoms. The second-order valence-electron chi connectivity index (χ2n) is 6.81. The van der Waals surface area contributed by atoms with Crippen molar-refractivity contribution in [3.63, 3.8) is 0 Å². The lowest BCUT2D eigenvalue weighted by atomic mass is 10.1. The molecular formula is C22H29NO4S. The third-order valence-corrected chi connectivity index (χ3v) is 7.32. The predicted octanol–water partition coefficient (Wildman–Crippen LogP) is 4.25. The van der Waals surface area contributed by atoms with Crippen LogP contribution in [0.4, 0.5) is 0 Å². The van der Waals surface area contributed by atoms with Gasteiger partial charge in [0, 0.05) is 13.1 Å². The zero-order chi connectivity index (χ0) is 20.7. The minimum absolute atomic E-state index is 0.153. The lowest BCUT2D eigenvalue weighted by Crippen LogP contribution is -2.39. The maximum absolute atomic E-state index is 13.3. The third-order valence-electron chi connectivity index (χ3n) is 4.98. The normalized spacial score (nSPS) is 13.8. The van der Waals surface area contributed by atoms with E-state index in [9.17, 15) is 8.42 Å². The Balaban J connectivity index is 2.33. The summed E-state index contributed by atoms with van der Waals surface area (Å²) in [4.78, 5) is 0. The molecule has 0 saturated heterocycles. The maximum Gasteiger partial charge on any atom is 0.217 e. The van der Waals surface area contributed by atoms with Crippen molar-refractivity contribution in [2.45, 2.75) is 32.2 Å². The Hall–Kier alpha value is -2.31. The minimum atomic E-state index is -3.54. The first-order valence-electron chi connectivity index (χ1n) is 9.19. The first-order valence-corrected chi connectivity index (χ1v) is 10.7. The standard InChI is InChI=1S/C22H29NO4S/c1-6-17(2)18(3)28(24,25)23(15-19-7-11-21(26-4)12-8-19)16-20-9-13-22(27-5)14-10-20/h6-14,17-18H,1,15-16H2,2-5H3. The van der Waals surface area contributed by atoms with Gasteiger partial charge in [0.05, 0.1) is 19.5 Å². The summed E-state index contributed by atoms with van der Waals surface area (Å²) in [5.74, 6) is 1.32. The average molecular weight is 404 g/mol. The fourth-order valence-corrected chi connectivity index (χ4v) is 4.58. The van der Waals surface area contributed by atoms with Gasteiger partial charge in [-0.15, -0.1) is 6.58 Å². The Morgan fingerprint density at radius 2 is 1.29 bits per heavy atom. The number of benzene rings is 2. The monoisotopic (exact) mass is 403 g/mol. The molecule has 0 bridgehead atoms. The predicted molar refractivity (Wildman–Crippen MR) is 113 cm³/mol. The van der Waals surface area contributed by atoms with Crippen LogP contribution >= 0.6 is 0 Å². The molecule has 0 aromatic heterocycles. The molecule has 2 rings (SSSR count). The first-order chi connectivity index (χ1) is 13.3. The van der Waals surface area contributed by atoms with Crippen molar-refractivity contribution in [3.05, 3.63) is 72.3 Å². The van der Waals surface area contributed by atoms with Crippen LogP contribution in [-0.2, 0) is 23.1 Å². The van der Waals surface area contributed by atoms with Gasteiger partial charge in [-0.1, -0.05) is 37.3 Å². The van der Waals surface area contributed by atoms with E-state index in [4.69, 9.17) is 9.47 Å². The smallest absolute Gasteiger partial charge is 0.217 e. The van der Waals surface area contributed by atoms with Gasteiger partial charge < -0.3 is 9.47 Å². The van der Waals surface area contributed by atoms with Crippen molar-refractivity contribution in [1.29, 1.82) is 0 Å². The summed E-state index contributed by atoms with van der Waals surface area (Å²) in [6.07, 6.45) is 1.68. The van der Waals surface area contributed by atoms with E-state index < -0.39 is 15.3 Å². The fourth-order valence-electron chi connectivity index (χ4n) is 2.80. The largest absolute Gasteiger partial charge is 0.497 e. The highest BCUT2D eigenvalue weighted by Crippen LogP contribution is 2.24. The Labute approximate surface area is 168 Å². The fraction of sp³-hybridized carbons (Fsp3) is 0.364. The van der Waals surface area contributed by atoms with Crippen LogP contribution in [0.1, 0.15) is 25.0 Å². The third kappa shape index (κ3) is 5.36. The molecule has 152 valence electrons. The first kappa shape index (κ1) is 22.0. The van der Waals surface area contributed by atoms with Crippen molar-refractivity contribution in [2.24, 2.45) is 5.92 Å². The number of methoxy groups -OCH3 is 2. The second kappa shape index (κ2) is 9.75. The Kier molecular flexibility index (Phi) is 7.66. The molecule has 0 fully saturated rings. The Morgan fingerprint density at radius 3 is 1.61 bits per heavy atom. The van der Waals surface area contributed by atoms with Crippen molar-refractivity contribution >= 4 is 10.0 Å². The summed E-state index contributed by atoms with van der Waals surface area (Å²) >= 11 is 0. The molecule has 6 heteroatoms. The molecule has 2 aromatic rings. The summed E-state index contributed by atoms with van der Waals surface area (Å²) in [5.41, 5.74) is 1.80. The van der Waals surface area contributed by atoms with Crippen LogP contribution in [0.25, 0.3) is 0 Å². The van der Waals surface area contributed by atoms with Gasteiger partial charge in [-0.05, 0) is 48.2 Å². The zero-order valence-corrected chi connectivity index (χ0v) is 17.8. The number of sulfonamides is 1. The topological polar surface area (TPSA) is 55.8 Å². The van der Waals surface area contributed by atoms with Crippen LogP contribution in [0.2, 0.25) is 0 Å². The molecule has 0 N–H and O–H groups in total. The van der Waals surface area contributed by atoms with E-state index in [2.05, 4.69) is 6.58 Å². The number of hydrogen-bond donors (Lipinski definition) is 0. The van der Waals surface area contributed by atoms with Crippen LogP contribution in [0.5, 0.6) is 11.5 Å². The quantitative estimate of drug-likeness (QED) is 0.557. The molecule has 28 heavy (non-hydrogen) atoms. The van der Waals surface area contributed by atoms with E-state index >= 15 is 0 Å². The molecule has 2 aromatic carbocycles. The summed E-state index contributed by atoms with van der Waals surface area (Å²) in [7, 11) is -0.331. The Bertz CT molecular complexity index is 811. The summed E-state index contributed by atoms with van der Waals surface area (Å²) in [6, 6.07) is 14.9. The van der Waals surface area contributed by atoms with Crippen LogP contribution in [-0.4, -0.2) is 32.2 Å². The molecule has 0 saturated carbocycles. The number of rotatable bonds is 10. The van der Waals surface area contributed by atoms with E-state index in [0.29, 0.717) is 0 Å². The summed E-state index contributed by atoms with van der Waals surface area (Å²) in [5, 5.41) is -0.568. The van der Waals surface area contributed by atoms with E-state index in [0.717, 1.165) is 22.6 Å². The molecule has 0 aliphatic heterocycles. The number of ether oxygens (including phenoxy) is 2. The molecule has 0 radical (unpaired) electrons. The Morgan fingerprint density at radius 1 is 0.893 bits per heavy atom. The highest BCUT2D eigenvalue weighted by molar-refractivity contribution is 7.89. The highest BCUT2D eigenvalue weighted by atomic mass is 32.2. The number of nitrogens with zero attached hydrogens (tertiary/aromatic N) is 1. The van der Waals surface area contributed by atoms with Crippen molar-refractivity contribution in [3.8, 4) is 11.5 Å². The van der Waals surface area contributed by atoms with Gasteiger partial charge in [-0.2, -0.15) is 4.31 Å². The SMILES string of the molecule is C=CC(C)C(C)S(=O)(=O)N(Cc1ccc(OC)cc1)Cc1ccc(OC)cc1. The van der Waals surface area contributed by atoms with Crippen LogP contribution < -0.4 is 9.47 Å². The lowest BCUT2D eigenvalue weighted by molar-refractivity contribution is 0.387. The van der Waals surface area contributed by atoms with Crippen LogP contribution in [0.3, 0.4) is 0 Å². The molecule has 0 aliphatic carbocycles. The van der Waals surface area contributed by atoms with Gasteiger partial charge in [-0.3, -0.25) is 0 Å². The summed E-state index contributed by atoms with van der Waals surface area (Å²) in [6.45, 7) is 7.92. The van der Waals surface area contributed by atoms with Gasteiger partial charge >= 0.3 is 0 Å². The molecule has 0 heterocycles. The minimum Gasteiger partial charge on any atom is -0.497 e. The highest BCUT2D eigenvalue weighted by Gasteiger charge is 2.31. The molecule has 2 unspecified atom stereocenters. The van der Waals surface area contributed by atoms with Gasteiger partial charge in [0.25, 0.3) is 0 Å². The molecule has 2 atom stereocenters. The van der Waals surface area contributed by atoms with Crippen molar-refractivity contribution < 1.29 is 17.9 Å². The second-order valence-corrected chi connectivity index (χ2v) is 9.10. The molecular weight excluding hydrogens is 374 g/mol. The van der Waals surface area contributed by atoms with E-state index in [1.54, 1.807) is 27.2 Å². The summed E-state index contributed by atoms with van der Waals surface area (Å²) < 4.78 is 38.5. The van der Waals surface area contributed by atoms with Gasteiger partial charge in [0.2, 0.25) is 10.0 Å². The van der Waals surface area contributed by atoms with Crippen molar-refractivity contribution in [2.75, 3.05) is 14.2 Å². The average Bonchev–Trinajstić information content (AvgIpc) is 2.73. The van der Waals surface area contributed by atoms with E-state index in [-0.39, 0.29) is 19.0 Å².